The number of rotatable bonds is 4. The quantitative estimate of drug-likeness (QED) is 0.664. The van der Waals surface area contributed by atoms with Crippen LogP contribution < -0.4 is 5.32 Å². The number of phenols is 2. The van der Waals surface area contributed by atoms with Gasteiger partial charge in [0.15, 0.2) is 0 Å². The number of hydrogen-bond donors (Lipinski definition) is 3. The van der Waals surface area contributed by atoms with E-state index in [9.17, 15) is 10.2 Å². The molecule has 1 aromatic carbocycles. The molecular formula is C12H17NO2. The van der Waals surface area contributed by atoms with Gasteiger partial charge >= 0.3 is 0 Å². The first-order valence-corrected chi connectivity index (χ1v) is 4.94. The molecule has 3 heteroatoms. The Morgan fingerprint density at radius 3 is 2.20 bits per heavy atom. The van der Waals surface area contributed by atoms with Gasteiger partial charge in [-0.25, -0.2) is 0 Å². The Morgan fingerprint density at radius 1 is 1.20 bits per heavy atom. The van der Waals surface area contributed by atoms with E-state index in [2.05, 4.69) is 11.9 Å². The van der Waals surface area contributed by atoms with Crippen LogP contribution in [-0.4, -0.2) is 16.3 Å². The minimum absolute atomic E-state index is 0.0519. The van der Waals surface area contributed by atoms with Gasteiger partial charge in [0, 0.05) is 18.2 Å². The van der Waals surface area contributed by atoms with Gasteiger partial charge in [-0.2, -0.15) is 0 Å². The average molecular weight is 207 g/mol. The second-order valence-electron chi connectivity index (χ2n) is 3.70. The first-order chi connectivity index (χ1) is 7.02. The standard InChI is InChI=1S/C12H17NO2/c1-4-8(2)13-9(3)10-5-11(14)7-12(15)6-10/h4-9,13-15H,1H2,2-3H3. The third-order valence-electron chi connectivity index (χ3n) is 2.29. The van der Waals surface area contributed by atoms with Crippen LogP contribution in [0.5, 0.6) is 11.5 Å². The normalized spacial score (nSPS) is 14.5. The lowest BCUT2D eigenvalue weighted by atomic mass is 10.1. The molecule has 82 valence electrons. The summed E-state index contributed by atoms with van der Waals surface area (Å²) < 4.78 is 0. The van der Waals surface area contributed by atoms with Gasteiger partial charge in [0.2, 0.25) is 0 Å². The van der Waals surface area contributed by atoms with E-state index in [0.717, 1.165) is 5.56 Å². The minimum atomic E-state index is 0.0519. The van der Waals surface area contributed by atoms with Crippen molar-refractivity contribution in [2.75, 3.05) is 0 Å². The number of aromatic hydroxyl groups is 2. The molecule has 0 aliphatic heterocycles. The largest absolute Gasteiger partial charge is 0.508 e. The monoisotopic (exact) mass is 207 g/mol. The van der Waals surface area contributed by atoms with E-state index in [4.69, 9.17) is 0 Å². The lowest BCUT2D eigenvalue weighted by molar-refractivity contribution is 0.445. The molecule has 3 nitrogen and oxygen atoms in total. The molecule has 0 aromatic heterocycles. The van der Waals surface area contributed by atoms with E-state index in [0.29, 0.717) is 0 Å². The molecule has 0 saturated heterocycles. The minimum Gasteiger partial charge on any atom is -0.508 e. The van der Waals surface area contributed by atoms with Crippen molar-refractivity contribution in [2.24, 2.45) is 0 Å². The van der Waals surface area contributed by atoms with Crippen LogP contribution in [0.4, 0.5) is 0 Å². The molecule has 15 heavy (non-hydrogen) atoms. The molecule has 0 heterocycles. The van der Waals surface area contributed by atoms with E-state index >= 15 is 0 Å². The molecule has 0 spiro atoms. The number of phenolic OH excluding ortho intramolecular Hbond substituents is 2. The van der Waals surface area contributed by atoms with Crippen LogP contribution in [0.2, 0.25) is 0 Å². The smallest absolute Gasteiger partial charge is 0.119 e. The Morgan fingerprint density at radius 2 is 1.73 bits per heavy atom. The molecule has 0 aliphatic carbocycles. The van der Waals surface area contributed by atoms with Gasteiger partial charge in [-0.05, 0) is 31.5 Å². The van der Waals surface area contributed by atoms with Crippen LogP contribution in [0.15, 0.2) is 30.9 Å². The molecule has 1 rings (SSSR count). The topological polar surface area (TPSA) is 52.5 Å². The van der Waals surface area contributed by atoms with Crippen molar-refractivity contribution < 1.29 is 10.2 Å². The van der Waals surface area contributed by atoms with Gasteiger partial charge in [-0.3, -0.25) is 0 Å². The summed E-state index contributed by atoms with van der Waals surface area (Å²) in [4.78, 5) is 0. The maximum atomic E-state index is 9.33. The second kappa shape index (κ2) is 4.84. The Balaban J connectivity index is 2.81. The lowest BCUT2D eigenvalue weighted by Gasteiger charge is -2.18. The third-order valence-corrected chi connectivity index (χ3v) is 2.29. The molecule has 0 saturated carbocycles. The number of benzene rings is 1. The third kappa shape index (κ3) is 3.29. The van der Waals surface area contributed by atoms with Crippen LogP contribution in [0.3, 0.4) is 0 Å². The van der Waals surface area contributed by atoms with Crippen molar-refractivity contribution >= 4 is 0 Å². The summed E-state index contributed by atoms with van der Waals surface area (Å²) in [5.74, 6) is 0.148. The van der Waals surface area contributed by atoms with Crippen LogP contribution in [0.25, 0.3) is 0 Å². The van der Waals surface area contributed by atoms with Gasteiger partial charge in [0.25, 0.3) is 0 Å². The van der Waals surface area contributed by atoms with Crippen LogP contribution in [0, 0.1) is 0 Å². The van der Waals surface area contributed by atoms with Gasteiger partial charge in [-0.1, -0.05) is 6.08 Å². The summed E-state index contributed by atoms with van der Waals surface area (Å²) in [5, 5.41) is 21.9. The predicted molar refractivity (Wildman–Crippen MR) is 61.0 cm³/mol. The van der Waals surface area contributed by atoms with Crippen LogP contribution in [0.1, 0.15) is 25.5 Å². The molecule has 0 aliphatic rings. The number of nitrogens with one attached hydrogen (secondary N) is 1. The van der Waals surface area contributed by atoms with E-state index in [1.807, 2.05) is 13.8 Å². The van der Waals surface area contributed by atoms with E-state index < -0.39 is 0 Å². The van der Waals surface area contributed by atoms with Gasteiger partial charge in [0.1, 0.15) is 11.5 Å². The zero-order valence-electron chi connectivity index (χ0n) is 9.07. The molecule has 0 radical (unpaired) electrons. The van der Waals surface area contributed by atoms with Crippen LogP contribution >= 0.6 is 0 Å². The van der Waals surface area contributed by atoms with E-state index in [-0.39, 0.29) is 23.6 Å². The second-order valence-corrected chi connectivity index (χ2v) is 3.70. The number of hydrogen-bond acceptors (Lipinski definition) is 3. The zero-order valence-corrected chi connectivity index (χ0v) is 9.07. The van der Waals surface area contributed by atoms with Crippen molar-refractivity contribution in [1.29, 1.82) is 0 Å². The molecule has 2 unspecified atom stereocenters. The highest BCUT2D eigenvalue weighted by atomic mass is 16.3. The molecule has 0 amide bonds. The highest BCUT2D eigenvalue weighted by molar-refractivity contribution is 5.38. The summed E-state index contributed by atoms with van der Waals surface area (Å²) in [5.41, 5.74) is 0.848. The maximum absolute atomic E-state index is 9.33. The van der Waals surface area contributed by atoms with Gasteiger partial charge in [-0.15, -0.1) is 6.58 Å². The fraction of sp³-hybridized carbons (Fsp3) is 0.333. The summed E-state index contributed by atoms with van der Waals surface area (Å²) in [6.45, 7) is 7.64. The Bertz CT molecular complexity index is 329. The molecule has 3 N–H and O–H groups in total. The highest BCUT2D eigenvalue weighted by Crippen LogP contribution is 2.24. The molecule has 2 atom stereocenters. The molecular weight excluding hydrogens is 190 g/mol. The van der Waals surface area contributed by atoms with E-state index in [1.165, 1.54) is 6.07 Å². The fourth-order valence-corrected chi connectivity index (χ4v) is 1.43. The van der Waals surface area contributed by atoms with Crippen molar-refractivity contribution in [3.8, 4) is 11.5 Å². The first kappa shape index (κ1) is 11.6. The summed E-state index contributed by atoms with van der Waals surface area (Å²) in [6, 6.07) is 4.81. The van der Waals surface area contributed by atoms with Crippen molar-refractivity contribution in [1.82, 2.24) is 5.32 Å². The Labute approximate surface area is 90.1 Å². The van der Waals surface area contributed by atoms with Crippen molar-refractivity contribution in [2.45, 2.75) is 25.9 Å². The zero-order chi connectivity index (χ0) is 11.4. The van der Waals surface area contributed by atoms with Gasteiger partial charge in [0.05, 0.1) is 0 Å². The molecule has 0 bridgehead atoms. The summed E-state index contributed by atoms with van der Waals surface area (Å²) in [7, 11) is 0. The molecule has 1 aromatic rings. The van der Waals surface area contributed by atoms with Crippen molar-refractivity contribution in [3.05, 3.63) is 36.4 Å². The highest BCUT2D eigenvalue weighted by Gasteiger charge is 2.09. The van der Waals surface area contributed by atoms with E-state index in [1.54, 1.807) is 18.2 Å². The fourth-order valence-electron chi connectivity index (χ4n) is 1.43. The maximum Gasteiger partial charge on any atom is 0.119 e. The van der Waals surface area contributed by atoms with Gasteiger partial charge < -0.3 is 15.5 Å². The van der Waals surface area contributed by atoms with Crippen molar-refractivity contribution in [3.63, 3.8) is 0 Å². The van der Waals surface area contributed by atoms with Crippen LogP contribution in [-0.2, 0) is 0 Å². The lowest BCUT2D eigenvalue weighted by Crippen LogP contribution is -2.26. The Hall–Kier alpha value is -1.48. The average Bonchev–Trinajstić information content (AvgIpc) is 2.16. The summed E-state index contributed by atoms with van der Waals surface area (Å²) in [6.07, 6.45) is 1.80. The first-order valence-electron chi connectivity index (χ1n) is 4.94. The Kier molecular flexibility index (Phi) is 3.74. The predicted octanol–water partition coefficient (Wildman–Crippen LogP) is 2.32. The summed E-state index contributed by atoms with van der Waals surface area (Å²) >= 11 is 0. The SMILES string of the molecule is C=CC(C)NC(C)c1cc(O)cc(O)c1. The molecule has 0 fully saturated rings.